The number of carbonyl (C=O) groups excluding carboxylic acids is 2. The van der Waals surface area contributed by atoms with Gasteiger partial charge in [-0.1, -0.05) is 13.0 Å². The molecule has 1 aliphatic rings. The summed E-state index contributed by atoms with van der Waals surface area (Å²) in [5, 5.41) is 4.67. The van der Waals surface area contributed by atoms with Gasteiger partial charge in [0.05, 0.1) is 0 Å². The molecule has 4 nitrogen and oxygen atoms in total. The molecule has 1 aliphatic heterocycles. The number of rotatable bonds is 1. The van der Waals surface area contributed by atoms with E-state index >= 15 is 0 Å². The van der Waals surface area contributed by atoms with Gasteiger partial charge in [-0.3, -0.25) is 10.1 Å². The molecule has 0 unspecified atom stereocenters. The van der Waals surface area contributed by atoms with E-state index in [0.29, 0.717) is 12.1 Å². The summed E-state index contributed by atoms with van der Waals surface area (Å²) in [7, 11) is 0. The summed E-state index contributed by atoms with van der Waals surface area (Å²) < 4.78 is 0. The summed E-state index contributed by atoms with van der Waals surface area (Å²) in [6.07, 6.45) is 2.60. The highest BCUT2D eigenvalue weighted by atomic mass is 16.2. The van der Waals surface area contributed by atoms with Crippen molar-refractivity contribution in [2.45, 2.75) is 13.3 Å². The molecular weight excluding hydrogens is 144 g/mol. The summed E-state index contributed by atoms with van der Waals surface area (Å²) in [4.78, 5) is 21.5. The van der Waals surface area contributed by atoms with Crippen LogP contribution in [0.1, 0.15) is 13.3 Å². The van der Waals surface area contributed by atoms with Crippen LogP contribution in [0.5, 0.6) is 0 Å². The van der Waals surface area contributed by atoms with Gasteiger partial charge >= 0.3 is 6.03 Å². The van der Waals surface area contributed by atoms with Crippen molar-refractivity contribution < 1.29 is 9.59 Å². The molecule has 1 saturated heterocycles. The molecule has 0 spiro atoms. The summed E-state index contributed by atoms with van der Waals surface area (Å²) in [5.41, 5.74) is 0.632. The zero-order chi connectivity index (χ0) is 8.27. The molecule has 11 heavy (non-hydrogen) atoms. The lowest BCUT2D eigenvalue weighted by molar-refractivity contribution is -0.116. The number of amides is 3. The molecule has 4 heteroatoms. The smallest absolute Gasteiger partial charge is 0.321 e. The van der Waals surface area contributed by atoms with Crippen LogP contribution in [0.25, 0.3) is 0 Å². The lowest BCUT2D eigenvalue weighted by atomic mass is 10.2. The molecule has 0 radical (unpaired) electrons. The third kappa shape index (κ3) is 1.80. The van der Waals surface area contributed by atoms with Crippen molar-refractivity contribution in [1.82, 2.24) is 10.6 Å². The number of imide groups is 1. The van der Waals surface area contributed by atoms with Gasteiger partial charge in [0.2, 0.25) is 0 Å². The fourth-order valence-corrected chi connectivity index (χ4v) is 0.895. The van der Waals surface area contributed by atoms with Crippen molar-refractivity contribution in [2.75, 3.05) is 6.54 Å². The van der Waals surface area contributed by atoms with Crippen molar-refractivity contribution >= 4 is 11.9 Å². The standard InChI is InChI=1S/C7H10N2O2/c1-2-3-5-4-8-7(11)9-6(5)10/h3H,2,4H2,1H3,(H2,8,9,10,11). The van der Waals surface area contributed by atoms with Crippen LogP contribution >= 0.6 is 0 Å². The van der Waals surface area contributed by atoms with Crippen LogP contribution in [-0.2, 0) is 4.79 Å². The van der Waals surface area contributed by atoms with Gasteiger partial charge < -0.3 is 5.32 Å². The van der Waals surface area contributed by atoms with Gasteiger partial charge in [-0.2, -0.15) is 0 Å². The molecular formula is C7H10N2O2. The van der Waals surface area contributed by atoms with Crippen molar-refractivity contribution in [3.05, 3.63) is 11.6 Å². The zero-order valence-corrected chi connectivity index (χ0v) is 6.31. The molecule has 3 amide bonds. The second kappa shape index (κ2) is 3.18. The van der Waals surface area contributed by atoms with Crippen LogP contribution in [0.3, 0.4) is 0 Å². The Morgan fingerprint density at radius 1 is 1.55 bits per heavy atom. The van der Waals surface area contributed by atoms with Gasteiger partial charge in [0.25, 0.3) is 5.91 Å². The third-order valence-corrected chi connectivity index (χ3v) is 1.41. The molecule has 0 bridgehead atoms. The normalized spacial score (nSPS) is 21.4. The molecule has 0 saturated carbocycles. The lowest BCUT2D eigenvalue weighted by Crippen LogP contribution is -2.47. The minimum atomic E-state index is -0.414. The first kappa shape index (κ1) is 7.78. The van der Waals surface area contributed by atoms with E-state index in [1.165, 1.54) is 0 Å². The van der Waals surface area contributed by atoms with Gasteiger partial charge in [0.15, 0.2) is 0 Å². The first-order valence-corrected chi connectivity index (χ1v) is 3.52. The van der Waals surface area contributed by atoms with Crippen LogP contribution < -0.4 is 10.6 Å². The van der Waals surface area contributed by atoms with Gasteiger partial charge in [0, 0.05) is 12.1 Å². The van der Waals surface area contributed by atoms with E-state index in [1.807, 2.05) is 6.92 Å². The fraction of sp³-hybridized carbons (Fsp3) is 0.429. The van der Waals surface area contributed by atoms with Crippen molar-refractivity contribution in [2.24, 2.45) is 0 Å². The van der Waals surface area contributed by atoms with Crippen LogP contribution in [0, 0.1) is 0 Å². The van der Waals surface area contributed by atoms with E-state index in [-0.39, 0.29) is 5.91 Å². The summed E-state index contributed by atoms with van der Waals surface area (Å²) >= 11 is 0. The number of urea groups is 1. The Morgan fingerprint density at radius 3 is 2.82 bits per heavy atom. The maximum Gasteiger partial charge on any atom is 0.321 e. The van der Waals surface area contributed by atoms with E-state index in [9.17, 15) is 9.59 Å². The quantitative estimate of drug-likeness (QED) is 0.528. The Kier molecular flexibility index (Phi) is 2.25. The first-order valence-electron chi connectivity index (χ1n) is 3.52. The number of hydrogen-bond donors (Lipinski definition) is 2. The molecule has 1 rings (SSSR count). The predicted octanol–water partition coefficient (Wildman–Crippen LogP) is 0.162. The Hall–Kier alpha value is -1.32. The fourth-order valence-electron chi connectivity index (χ4n) is 0.895. The van der Waals surface area contributed by atoms with Crippen molar-refractivity contribution in [3.63, 3.8) is 0 Å². The molecule has 1 fully saturated rings. The minimum absolute atomic E-state index is 0.282. The first-order chi connectivity index (χ1) is 5.24. The predicted molar refractivity (Wildman–Crippen MR) is 39.9 cm³/mol. The molecule has 0 aromatic heterocycles. The van der Waals surface area contributed by atoms with Gasteiger partial charge in [-0.05, 0) is 6.42 Å². The second-order valence-corrected chi connectivity index (χ2v) is 2.27. The van der Waals surface area contributed by atoms with E-state index < -0.39 is 6.03 Å². The average Bonchev–Trinajstić information content (AvgIpc) is 1.95. The average molecular weight is 154 g/mol. The Labute approximate surface area is 64.7 Å². The van der Waals surface area contributed by atoms with Crippen LogP contribution in [0.2, 0.25) is 0 Å². The van der Waals surface area contributed by atoms with Gasteiger partial charge in [-0.15, -0.1) is 0 Å². The van der Waals surface area contributed by atoms with Gasteiger partial charge in [-0.25, -0.2) is 4.79 Å². The Morgan fingerprint density at radius 2 is 2.27 bits per heavy atom. The summed E-state index contributed by atoms with van der Waals surface area (Å²) in [6, 6.07) is -0.414. The molecule has 1 heterocycles. The SMILES string of the molecule is CCC=C1CNC(=O)NC1=O. The largest absolute Gasteiger partial charge is 0.334 e. The molecule has 0 aromatic rings. The highest BCUT2D eigenvalue weighted by Gasteiger charge is 2.18. The van der Waals surface area contributed by atoms with Crippen LogP contribution in [-0.4, -0.2) is 18.5 Å². The number of allylic oxidation sites excluding steroid dienone is 1. The Bertz CT molecular complexity index is 220. The highest BCUT2D eigenvalue weighted by Crippen LogP contribution is 1.98. The molecule has 2 N–H and O–H groups in total. The Balaban J connectivity index is 2.65. The van der Waals surface area contributed by atoms with E-state index in [1.54, 1.807) is 6.08 Å². The zero-order valence-electron chi connectivity index (χ0n) is 6.31. The maximum absolute atomic E-state index is 11.0. The highest BCUT2D eigenvalue weighted by molar-refractivity contribution is 6.06. The third-order valence-electron chi connectivity index (χ3n) is 1.41. The molecule has 60 valence electrons. The van der Waals surface area contributed by atoms with Crippen LogP contribution in [0.4, 0.5) is 4.79 Å². The maximum atomic E-state index is 11.0. The monoisotopic (exact) mass is 154 g/mol. The number of nitrogens with one attached hydrogen (secondary N) is 2. The van der Waals surface area contributed by atoms with E-state index in [4.69, 9.17) is 0 Å². The number of hydrogen-bond acceptors (Lipinski definition) is 2. The lowest BCUT2D eigenvalue weighted by Gasteiger charge is -2.14. The van der Waals surface area contributed by atoms with E-state index in [2.05, 4.69) is 10.6 Å². The van der Waals surface area contributed by atoms with Gasteiger partial charge in [0.1, 0.15) is 0 Å². The van der Waals surface area contributed by atoms with Crippen LogP contribution in [0.15, 0.2) is 11.6 Å². The summed E-state index contributed by atoms with van der Waals surface area (Å²) in [6.45, 7) is 2.29. The second-order valence-electron chi connectivity index (χ2n) is 2.27. The molecule has 0 atom stereocenters. The molecule has 0 aromatic carbocycles. The van der Waals surface area contributed by atoms with E-state index in [0.717, 1.165) is 6.42 Å². The van der Waals surface area contributed by atoms with Crippen molar-refractivity contribution in [1.29, 1.82) is 0 Å². The number of carbonyl (C=O) groups is 2. The topological polar surface area (TPSA) is 58.2 Å². The van der Waals surface area contributed by atoms with Crippen molar-refractivity contribution in [3.8, 4) is 0 Å². The minimum Gasteiger partial charge on any atom is -0.334 e. The molecule has 0 aliphatic carbocycles. The summed E-state index contributed by atoms with van der Waals surface area (Å²) in [5.74, 6) is -0.282.